The number of fused-ring (bicyclic) bond motifs is 1. The van der Waals surface area contributed by atoms with Crippen LogP contribution in [0.2, 0.25) is 0 Å². The van der Waals surface area contributed by atoms with Crippen LogP contribution >= 0.6 is 0 Å². The Kier molecular flexibility index (Phi) is 3.47. The summed E-state index contributed by atoms with van der Waals surface area (Å²) in [4.78, 5) is 21.2. The van der Waals surface area contributed by atoms with Gasteiger partial charge in [0.05, 0.1) is 10.6 Å². The highest BCUT2D eigenvalue weighted by atomic mass is 16.6. The number of benzene rings is 1. The maximum Gasteiger partial charge on any atom is 0.327 e. The number of terminal acetylenes is 1. The molecule has 0 radical (unpaired) electrons. The average molecular weight is 276 g/mol. The summed E-state index contributed by atoms with van der Waals surface area (Å²) in [7, 11) is 0. The summed E-state index contributed by atoms with van der Waals surface area (Å²) < 4.78 is 4.47. The number of nitrogens with one attached hydrogen (secondary N) is 1. The van der Waals surface area contributed by atoms with Crippen LogP contribution in [0.4, 0.5) is 11.4 Å². The van der Waals surface area contributed by atoms with Crippen molar-refractivity contribution in [2.45, 2.75) is 12.5 Å². The van der Waals surface area contributed by atoms with Gasteiger partial charge in [-0.3, -0.25) is 10.1 Å². The van der Waals surface area contributed by atoms with Gasteiger partial charge in [-0.25, -0.2) is 9.42 Å². The standard InChI is InChI=1S/C11H8N4O5/c1-2-3-7(11(16)17)12-6-4-5-8(15(18)19)10-9(6)13-20-14-10/h1,4-5,7,12H,3H2,(H,16,17). The summed E-state index contributed by atoms with van der Waals surface area (Å²) >= 11 is 0. The van der Waals surface area contributed by atoms with Gasteiger partial charge in [-0.15, -0.1) is 12.3 Å². The molecule has 1 heterocycles. The number of hydrogen-bond donors (Lipinski definition) is 2. The fraction of sp³-hybridized carbons (Fsp3) is 0.182. The van der Waals surface area contributed by atoms with Crippen molar-refractivity contribution >= 4 is 28.4 Å². The number of aliphatic carboxylic acids is 1. The summed E-state index contributed by atoms with van der Waals surface area (Å²) in [5, 5.41) is 29.4. The Morgan fingerprint density at radius 1 is 1.55 bits per heavy atom. The largest absolute Gasteiger partial charge is 0.480 e. The first-order valence-electron chi connectivity index (χ1n) is 5.37. The van der Waals surface area contributed by atoms with Crippen LogP contribution in [0.1, 0.15) is 6.42 Å². The van der Waals surface area contributed by atoms with Gasteiger partial charge in [-0.05, 0) is 16.4 Å². The van der Waals surface area contributed by atoms with Gasteiger partial charge in [-0.2, -0.15) is 0 Å². The molecule has 1 aromatic heterocycles. The number of nitro groups is 1. The molecule has 0 saturated heterocycles. The van der Waals surface area contributed by atoms with E-state index in [9.17, 15) is 14.9 Å². The van der Waals surface area contributed by atoms with Gasteiger partial charge < -0.3 is 10.4 Å². The highest BCUT2D eigenvalue weighted by molar-refractivity contribution is 5.94. The summed E-state index contributed by atoms with van der Waals surface area (Å²) in [6.07, 6.45) is 5.03. The molecule has 0 fully saturated rings. The highest BCUT2D eigenvalue weighted by Gasteiger charge is 2.23. The third-order valence-corrected chi connectivity index (χ3v) is 2.54. The number of carbonyl (C=O) groups is 1. The summed E-state index contributed by atoms with van der Waals surface area (Å²) in [6.45, 7) is 0. The zero-order valence-electron chi connectivity index (χ0n) is 9.94. The van der Waals surface area contributed by atoms with Crippen molar-refractivity contribution in [3.8, 4) is 12.3 Å². The second kappa shape index (κ2) is 5.23. The molecule has 20 heavy (non-hydrogen) atoms. The predicted octanol–water partition coefficient (Wildman–Crippen LogP) is 1.02. The van der Waals surface area contributed by atoms with E-state index in [1.165, 1.54) is 12.1 Å². The lowest BCUT2D eigenvalue weighted by Crippen LogP contribution is -2.28. The van der Waals surface area contributed by atoms with Gasteiger partial charge in [0, 0.05) is 12.5 Å². The van der Waals surface area contributed by atoms with E-state index in [1.54, 1.807) is 0 Å². The van der Waals surface area contributed by atoms with Gasteiger partial charge in [0.1, 0.15) is 6.04 Å². The van der Waals surface area contributed by atoms with Crippen LogP contribution in [0.5, 0.6) is 0 Å². The molecule has 2 N–H and O–H groups in total. The number of anilines is 1. The molecule has 0 aliphatic heterocycles. The maximum absolute atomic E-state index is 11.0. The van der Waals surface area contributed by atoms with E-state index in [-0.39, 0.29) is 28.8 Å². The van der Waals surface area contributed by atoms with Gasteiger partial charge in [-0.1, -0.05) is 0 Å². The van der Waals surface area contributed by atoms with E-state index in [0.717, 1.165) is 0 Å². The monoisotopic (exact) mass is 276 g/mol. The Balaban J connectivity index is 2.44. The first-order chi connectivity index (χ1) is 9.54. The van der Waals surface area contributed by atoms with Crippen molar-refractivity contribution in [3.63, 3.8) is 0 Å². The fourth-order valence-electron chi connectivity index (χ4n) is 1.62. The third kappa shape index (κ3) is 2.35. The number of carboxylic acids is 1. The number of non-ortho nitro benzene ring substituents is 1. The van der Waals surface area contributed by atoms with Crippen molar-refractivity contribution in [2.24, 2.45) is 0 Å². The van der Waals surface area contributed by atoms with Crippen LogP contribution in [0.15, 0.2) is 16.8 Å². The minimum atomic E-state index is -1.15. The topological polar surface area (TPSA) is 131 Å². The summed E-state index contributed by atoms with van der Waals surface area (Å²) in [6, 6.07) is 1.47. The van der Waals surface area contributed by atoms with E-state index in [4.69, 9.17) is 11.5 Å². The van der Waals surface area contributed by atoms with Gasteiger partial charge in [0.2, 0.25) is 5.52 Å². The molecule has 9 nitrogen and oxygen atoms in total. The smallest absolute Gasteiger partial charge is 0.327 e. The minimum absolute atomic E-state index is 0.0565. The van der Waals surface area contributed by atoms with Gasteiger partial charge in [0.15, 0.2) is 5.52 Å². The summed E-state index contributed by atoms with van der Waals surface area (Å²) in [5.74, 6) is 1.08. The lowest BCUT2D eigenvalue weighted by atomic mass is 10.1. The van der Waals surface area contributed by atoms with E-state index in [0.29, 0.717) is 0 Å². The molecule has 0 spiro atoms. The van der Waals surface area contributed by atoms with Crippen LogP contribution in [0.3, 0.4) is 0 Å². The Hall–Kier alpha value is -3.15. The van der Waals surface area contributed by atoms with E-state index < -0.39 is 16.9 Å². The van der Waals surface area contributed by atoms with Crippen LogP contribution in [0.25, 0.3) is 11.0 Å². The molecule has 0 aliphatic rings. The Bertz CT molecular complexity index is 717. The highest BCUT2D eigenvalue weighted by Crippen LogP contribution is 2.29. The molecule has 1 aromatic carbocycles. The zero-order valence-corrected chi connectivity index (χ0v) is 9.94. The quantitative estimate of drug-likeness (QED) is 0.470. The van der Waals surface area contributed by atoms with Crippen molar-refractivity contribution < 1.29 is 19.5 Å². The van der Waals surface area contributed by atoms with Crippen molar-refractivity contribution in [1.82, 2.24) is 10.3 Å². The van der Waals surface area contributed by atoms with Crippen LogP contribution in [-0.2, 0) is 4.79 Å². The normalized spacial score (nSPS) is 11.8. The Labute approximate surface area is 111 Å². The van der Waals surface area contributed by atoms with Crippen LogP contribution < -0.4 is 5.32 Å². The molecule has 2 aromatic rings. The Morgan fingerprint density at radius 3 is 2.85 bits per heavy atom. The van der Waals surface area contributed by atoms with E-state index in [1.807, 2.05) is 0 Å². The minimum Gasteiger partial charge on any atom is -0.480 e. The molecule has 0 bridgehead atoms. The molecule has 1 unspecified atom stereocenters. The van der Waals surface area contributed by atoms with E-state index in [2.05, 4.69) is 26.2 Å². The number of carboxylic acid groups (broad SMARTS) is 1. The Morgan fingerprint density at radius 2 is 2.25 bits per heavy atom. The molecule has 0 amide bonds. The number of aromatic nitrogens is 2. The van der Waals surface area contributed by atoms with Crippen molar-refractivity contribution in [1.29, 1.82) is 0 Å². The fourth-order valence-corrected chi connectivity index (χ4v) is 1.62. The molecular formula is C11H8N4O5. The predicted molar refractivity (Wildman–Crippen MR) is 67.0 cm³/mol. The summed E-state index contributed by atoms with van der Waals surface area (Å²) in [5.41, 5.74) is -0.0301. The number of hydrogen-bond acceptors (Lipinski definition) is 7. The van der Waals surface area contributed by atoms with Crippen LogP contribution in [0, 0.1) is 22.5 Å². The lowest BCUT2D eigenvalue weighted by Gasteiger charge is -2.12. The molecule has 2 rings (SSSR count). The third-order valence-electron chi connectivity index (χ3n) is 2.54. The van der Waals surface area contributed by atoms with Crippen LogP contribution in [-0.4, -0.2) is 32.4 Å². The maximum atomic E-state index is 11.0. The first kappa shape index (κ1) is 13.3. The zero-order chi connectivity index (χ0) is 14.7. The van der Waals surface area contributed by atoms with Crippen molar-refractivity contribution in [3.05, 3.63) is 22.2 Å². The van der Waals surface area contributed by atoms with Gasteiger partial charge >= 0.3 is 11.7 Å². The lowest BCUT2D eigenvalue weighted by molar-refractivity contribution is -0.383. The molecule has 102 valence electrons. The average Bonchev–Trinajstić information content (AvgIpc) is 2.87. The van der Waals surface area contributed by atoms with Gasteiger partial charge in [0.25, 0.3) is 0 Å². The molecular weight excluding hydrogens is 268 g/mol. The molecule has 0 saturated carbocycles. The molecule has 9 heteroatoms. The number of nitrogens with zero attached hydrogens (tertiary/aromatic N) is 3. The second-order valence-corrected chi connectivity index (χ2v) is 3.79. The molecule has 0 aliphatic carbocycles. The second-order valence-electron chi connectivity index (χ2n) is 3.79. The first-order valence-corrected chi connectivity index (χ1v) is 5.37. The van der Waals surface area contributed by atoms with E-state index >= 15 is 0 Å². The number of rotatable bonds is 5. The SMILES string of the molecule is C#CCC(Nc1ccc([N+](=O)[O-])c2nonc12)C(=O)O. The van der Waals surface area contributed by atoms with Crippen molar-refractivity contribution in [2.75, 3.05) is 5.32 Å². The molecule has 1 atom stereocenters. The number of nitro benzene ring substituents is 1.